The molecule has 0 aliphatic rings. The number of ether oxygens (including phenoxy) is 2. The zero-order valence-corrected chi connectivity index (χ0v) is 33.9. The first-order chi connectivity index (χ1) is 26.6. The largest absolute Gasteiger partial charge is 0.481 e. The number of amides is 4. The fourth-order valence-electron chi connectivity index (χ4n) is 5.78. The summed E-state index contributed by atoms with van der Waals surface area (Å²) in [6.45, 7) is 4.06. The first-order valence-corrected chi connectivity index (χ1v) is 20.0. The van der Waals surface area contributed by atoms with Crippen LogP contribution in [0.15, 0.2) is 0 Å². The van der Waals surface area contributed by atoms with Crippen LogP contribution in [0.4, 0.5) is 14.4 Å². The number of carboxylic acid groups (broad SMARTS) is 1. The average molecular weight is 791 g/mol. The van der Waals surface area contributed by atoms with Gasteiger partial charge in [0, 0.05) is 71.6 Å². The van der Waals surface area contributed by atoms with Crippen LogP contribution in [0.5, 0.6) is 0 Å². The van der Waals surface area contributed by atoms with Crippen LogP contribution < -0.4 is 10.6 Å². The molecule has 0 aromatic heterocycles. The van der Waals surface area contributed by atoms with Gasteiger partial charge < -0.3 is 35.0 Å². The molecule has 0 aliphatic carbocycles. The molecule has 0 fully saturated rings. The van der Waals surface area contributed by atoms with Crippen molar-refractivity contribution >= 4 is 35.9 Å². The minimum Gasteiger partial charge on any atom is -0.481 e. The number of ketones is 1. The predicted octanol–water partition coefficient (Wildman–Crippen LogP) is 6.18. The summed E-state index contributed by atoms with van der Waals surface area (Å²) in [6, 6.07) is 0. The van der Waals surface area contributed by atoms with Gasteiger partial charge in [0.05, 0.1) is 20.8 Å². The fraction of sp³-hybridized carbons (Fsp3) is 0.842. The van der Waals surface area contributed by atoms with Gasteiger partial charge in [-0.2, -0.15) is 9.78 Å². The van der Waals surface area contributed by atoms with E-state index in [1.807, 2.05) is 0 Å². The average Bonchev–Trinajstić information content (AvgIpc) is 3.15. The van der Waals surface area contributed by atoms with Crippen LogP contribution >= 0.6 is 0 Å². The number of methoxy groups -OCH3 is 1. The number of Topliss-reactive ketones (excluding diaryl/α,β-unsaturated/α-hetero) is 1. The van der Waals surface area contributed by atoms with E-state index in [4.69, 9.17) is 14.4 Å². The Morgan fingerprint density at radius 1 is 0.600 bits per heavy atom. The van der Waals surface area contributed by atoms with E-state index in [9.17, 15) is 33.9 Å². The van der Waals surface area contributed by atoms with E-state index in [1.165, 1.54) is 76.1 Å². The molecule has 1 atom stereocenters. The number of nitrogens with one attached hydrogen (secondary N) is 2. The van der Waals surface area contributed by atoms with Gasteiger partial charge in [0.25, 0.3) is 0 Å². The molecule has 55 heavy (non-hydrogen) atoms. The summed E-state index contributed by atoms with van der Waals surface area (Å²) in [5.74, 6) is -2.21. The smallest absolute Gasteiger partial charge is 0.441 e. The molecule has 320 valence electrons. The number of carbonyl (C=O) groups excluding carboxylic acids is 5. The van der Waals surface area contributed by atoms with E-state index in [0.29, 0.717) is 32.1 Å². The van der Waals surface area contributed by atoms with Crippen LogP contribution in [0.3, 0.4) is 0 Å². The lowest BCUT2D eigenvalue weighted by Crippen LogP contribution is -2.38. The van der Waals surface area contributed by atoms with Crippen molar-refractivity contribution < 1.29 is 62.9 Å². The van der Waals surface area contributed by atoms with Gasteiger partial charge >= 0.3 is 24.2 Å². The van der Waals surface area contributed by atoms with Crippen molar-refractivity contribution in [1.82, 2.24) is 20.4 Å². The topological polar surface area (TPSA) is 209 Å². The predicted molar refractivity (Wildman–Crippen MR) is 204 cm³/mol. The molecule has 4 amide bonds. The quantitative estimate of drug-likeness (QED) is 0.0369. The molecule has 0 aromatic rings. The lowest BCUT2D eigenvalue weighted by Gasteiger charge is -2.23. The first kappa shape index (κ1) is 51.3. The van der Waals surface area contributed by atoms with E-state index < -0.39 is 30.2 Å². The molecular formula is C38H70N4O13. The molecular weight excluding hydrogens is 720 g/mol. The Hall–Kier alpha value is -3.70. The molecule has 0 rings (SSSR count). The minimum atomic E-state index is -1.03. The molecule has 17 nitrogen and oxygen atoms in total. The summed E-state index contributed by atoms with van der Waals surface area (Å²) in [5, 5.41) is 14.6. The van der Waals surface area contributed by atoms with E-state index in [0.717, 1.165) is 25.7 Å². The molecule has 0 saturated carbocycles. The Morgan fingerprint density at radius 2 is 1.09 bits per heavy atom. The van der Waals surface area contributed by atoms with Gasteiger partial charge in [0.15, 0.2) is 0 Å². The van der Waals surface area contributed by atoms with Crippen molar-refractivity contribution in [3.05, 3.63) is 0 Å². The fourth-order valence-corrected chi connectivity index (χ4v) is 5.78. The van der Waals surface area contributed by atoms with Gasteiger partial charge in [-0.25, -0.2) is 14.4 Å². The van der Waals surface area contributed by atoms with Gasteiger partial charge in [0.1, 0.15) is 12.4 Å². The number of nitrogens with zero attached hydrogens (tertiary/aromatic N) is 2. The summed E-state index contributed by atoms with van der Waals surface area (Å²) >= 11 is 0. The highest BCUT2D eigenvalue weighted by atomic mass is 17.2. The molecule has 0 heterocycles. The Bertz CT molecular complexity index is 1050. The van der Waals surface area contributed by atoms with Crippen LogP contribution in [-0.4, -0.2) is 125 Å². The Morgan fingerprint density at radius 3 is 1.58 bits per heavy atom. The van der Waals surface area contributed by atoms with Crippen molar-refractivity contribution in [3.63, 3.8) is 0 Å². The maximum absolute atomic E-state index is 13.0. The van der Waals surface area contributed by atoms with Crippen molar-refractivity contribution in [1.29, 1.82) is 0 Å². The Labute approximate surface area is 327 Å². The standard InChI is InChI=1S/C38H70N4O13/c1-5-6-7-8-9-10-11-12-13-14-15-20-33(43)31-32(21-22-34(44)45)35(46)39-23-18-27-41(37(48)54-51-3)25-16-17-26-42(38(49)55-52-4)28-19-24-40-36(47)53-30-29-50-2/h32H,5-31H2,1-4H3,(H,39,46)(H,40,47)(H,44,45). The van der Waals surface area contributed by atoms with E-state index in [1.54, 1.807) is 0 Å². The van der Waals surface area contributed by atoms with Crippen LogP contribution in [0.25, 0.3) is 0 Å². The third-order valence-corrected chi connectivity index (χ3v) is 8.84. The minimum absolute atomic E-state index is 0.00393. The highest BCUT2D eigenvalue weighted by Gasteiger charge is 2.23. The van der Waals surface area contributed by atoms with Gasteiger partial charge in [-0.1, -0.05) is 71.1 Å². The second kappa shape index (κ2) is 36.0. The summed E-state index contributed by atoms with van der Waals surface area (Å²) < 4.78 is 9.76. The van der Waals surface area contributed by atoms with Gasteiger partial charge in [-0.05, 0) is 38.5 Å². The lowest BCUT2D eigenvalue weighted by molar-refractivity contribution is -0.221. The Kier molecular flexibility index (Phi) is 33.5. The van der Waals surface area contributed by atoms with Crippen LogP contribution in [0.1, 0.15) is 129 Å². The van der Waals surface area contributed by atoms with Crippen molar-refractivity contribution in [3.8, 4) is 0 Å². The van der Waals surface area contributed by atoms with Gasteiger partial charge in [-0.15, -0.1) is 0 Å². The van der Waals surface area contributed by atoms with Crippen molar-refractivity contribution in [2.45, 2.75) is 129 Å². The van der Waals surface area contributed by atoms with E-state index in [2.05, 4.69) is 32.2 Å². The lowest BCUT2D eigenvalue weighted by atomic mass is 9.93. The van der Waals surface area contributed by atoms with E-state index >= 15 is 0 Å². The maximum atomic E-state index is 13.0. The summed E-state index contributed by atoms with van der Waals surface area (Å²) in [7, 11) is 3.92. The molecule has 3 N–H and O–H groups in total. The third kappa shape index (κ3) is 30.2. The van der Waals surface area contributed by atoms with E-state index in [-0.39, 0.29) is 83.4 Å². The molecule has 0 spiro atoms. The van der Waals surface area contributed by atoms with Crippen LogP contribution in [0.2, 0.25) is 0 Å². The number of hydrogen-bond acceptors (Lipinski definition) is 12. The summed E-state index contributed by atoms with van der Waals surface area (Å²) in [6.07, 6.45) is 12.8. The number of alkyl carbamates (subject to hydrolysis) is 1. The zero-order chi connectivity index (χ0) is 40.9. The highest BCUT2D eigenvalue weighted by Crippen LogP contribution is 2.17. The molecule has 0 aromatic carbocycles. The molecule has 1 unspecified atom stereocenters. The second-order valence-electron chi connectivity index (χ2n) is 13.4. The number of carboxylic acids is 1. The summed E-state index contributed by atoms with van der Waals surface area (Å²) in [4.78, 5) is 94.9. The molecule has 0 bridgehead atoms. The van der Waals surface area contributed by atoms with Crippen LogP contribution in [0, 0.1) is 5.92 Å². The van der Waals surface area contributed by atoms with Crippen LogP contribution in [-0.2, 0) is 43.4 Å². The van der Waals surface area contributed by atoms with Crippen molar-refractivity contribution in [2.75, 3.05) is 73.8 Å². The summed E-state index contributed by atoms with van der Waals surface area (Å²) in [5.41, 5.74) is 0. The monoisotopic (exact) mass is 790 g/mol. The second-order valence-corrected chi connectivity index (χ2v) is 13.4. The van der Waals surface area contributed by atoms with Gasteiger partial charge in [-0.3, -0.25) is 24.2 Å². The molecule has 17 heteroatoms. The number of rotatable bonds is 36. The molecule has 0 radical (unpaired) electrons. The number of aliphatic carboxylic acids is 1. The SMILES string of the molecule is CCCCCCCCCCCCCC(=O)CC(CCC(=O)O)C(=O)NCCCN(CCCCN(CCCNC(=O)OCCOC)C(=O)OOC)C(=O)OOC. The van der Waals surface area contributed by atoms with Crippen molar-refractivity contribution in [2.24, 2.45) is 5.92 Å². The maximum Gasteiger partial charge on any atom is 0.441 e. The number of hydrogen-bond donors (Lipinski definition) is 3. The Balaban J connectivity index is 4.76. The first-order valence-electron chi connectivity index (χ1n) is 20.0. The zero-order valence-electron chi connectivity index (χ0n) is 33.9. The molecule has 0 aliphatic heterocycles. The normalized spacial score (nSPS) is 11.3. The third-order valence-electron chi connectivity index (χ3n) is 8.84. The highest BCUT2D eigenvalue weighted by molar-refractivity contribution is 5.87. The number of unbranched alkanes of at least 4 members (excludes halogenated alkanes) is 11. The molecule has 0 saturated heterocycles. The van der Waals surface area contributed by atoms with Gasteiger partial charge in [0.2, 0.25) is 5.91 Å². The number of carbonyl (C=O) groups is 6.